The van der Waals surface area contributed by atoms with E-state index in [0.29, 0.717) is 18.9 Å². The van der Waals surface area contributed by atoms with Crippen LogP contribution in [-0.2, 0) is 22.6 Å². The van der Waals surface area contributed by atoms with E-state index < -0.39 is 0 Å². The minimum Gasteiger partial charge on any atom is -0.356 e. The second kappa shape index (κ2) is 7.95. The van der Waals surface area contributed by atoms with Crippen LogP contribution in [0.5, 0.6) is 0 Å². The topological polar surface area (TPSA) is 49.4 Å². The lowest BCUT2D eigenvalue weighted by Gasteiger charge is -2.23. The lowest BCUT2D eigenvalue weighted by atomic mass is 10.1. The average molecular weight is 362 g/mol. The standard InChI is InChI=1S/C23H26N2O2/c26-22(24-15-18-6-7-18)14-17-8-12-21(13-9-17)25(23(27)20-10-11-20)16-19-4-2-1-3-5-19/h1-5,8-9,12-13,18,20H,6-7,10-11,14-16H2,(H,24,26). The zero-order valence-electron chi connectivity index (χ0n) is 15.6. The van der Waals surface area contributed by atoms with E-state index in [0.717, 1.165) is 36.2 Å². The largest absolute Gasteiger partial charge is 0.356 e. The molecule has 27 heavy (non-hydrogen) atoms. The van der Waals surface area contributed by atoms with Crippen molar-refractivity contribution >= 4 is 17.5 Å². The number of rotatable bonds is 8. The van der Waals surface area contributed by atoms with Gasteiger partial charge in [-0.1, -0.05) is 42.5 Å². The van der Waals surface area contributed by atoms with E-state index in [-0.39, 0.29) is 17.7 Å². The third kappa shape index (κ3) is 4.97. The molecule has 0 spiro atoms. The molecule has 1 N–H and O–H groups in total. The molecule has 2 aliphatic carbocycles. The molecule has 0 aliphatic heterocycles. The molecule has 2 saturated carbocycles. The van der Waals surface area contributed by atoms with E-state index in [9.17, 15) is 9.59 Å². The Morgan fingerprint density at radius 1 is 0.889 bits per heavy atom. The van der Waals surface area contributed by atoms with E-state index in [1.807, 2.05) is 59.5 Å². The fourth-order valence-corrected chi connectivity index (χ4v) is 3.23. The summed E-state index contributed by atoms with van der Waals surface area (Å²) in [4.78, 5) is 26.7. The number of hydrogen-bond acceptors (Lipinski definition) is 2. The molecule has 140 valence electrons. The van der Waals surface area contributed by atoms with Gasteiger partial charge in [0.1, 0.15) is 0 Å². The minimum atomic E-state index is 0.0739. The molecular formula is C23H26N2O2. The van der Waals surface area contributed by atoms with Crippen LogP contribution in [0, 0.1) is 11.8 Å². The normalized spacial score (nSPS) is 16.0. The maximum atomic E-state index is 12.8. The van der Waals surface area contributed by atoms with Crippen molar-refractivity contribution < 1.29 is 9.59 Å². The molecule has 0 heterocycles. The molecule has 2 fully saturated rings. The minimum absolute atomic E-state index is 0.0739. The van der Waals surface area contributed by atoms with Gasteiger partial charge in [-0.15, -0.1) is 0 Å². The van der Waals surface area contributed by atoms with Crippen molar-refractivity contribution in [1.82, 2.24) is 5.32 Å². The van der Waals surface area contributed by atoms with E-state index in [2.05, 4.69) is 5.32 Å². The lowest BCUT2D eigenvalue weighted by Crippen LogP contribution is -2.31. The Hall–Kier alpha value is -2.62. The van der Waals surface area contributed by atoms with Gasteiger partial charge in [0.2, 0.25) is 11.8 Å². The molecule has 0 radical (unpaired) electrons. The van der Waals surface area contributed by atoms with Crippen LogP contribution >= 0.6 is 0 Å². The van der Waals surface area contributed by atoms with Crippen molar-refractivity contribution in [2.45, 2.75) is 38.6 Å². The van der Waals surface area contributed by atoms with Gasteiger partial charge < -0.3 is 10.2 Å². The van der Waals surface area contributed by atoms with Crippen LogP contribution in [-0.4, -0.2) is 18.4 Å². The van der Waals surface area contributed by atoms with Gasteiger partial charge in [0.25, 0.3) is 0 Å². The van der Waals surface area contributed by atoms with Gasteiger partial charge in [-0.05, 0) is 54.9 Å². The highest BCUT2D eigenvalue weighted by molar-refractivity contribution is 5.96. The summed E-state index contributed by atoms with van der Waals surface area (Å²) in [6.07, 6.45) is 4.84. The molecule has 2 aliphatic rings. The highest BCUT2D eigenvalue weighted by atomic mass is 16.2. The van der Waals surface area contributed by atoms with Crippen LogP contribution in [0.1, 0.15) is 36.8 Å². The first-order valence-corrected chi connectivity index (χ1v) is 9.90. The zero-order valence-corrected chi connectivity index (χ0v) is 15.6. The molecule has 0 aromatic heterocycles. The smallest absolute Gasteiger partial charge is 0.230 e. The van der Waals surface area contributed by atoms with E-state index >= 15 is 0 Å². The third-order valence-corrected chi connectivity index (χ3v) is 5.27. The average Bonchev–Trinajstić information content (AvgIpc) is 3.59. The van der Waals surface area contributed by atoms with Crippen LogP contribution in [0.2, 0.25) is 0 Å². The molecule has 0 unspecified atom stereocenters. The van der Waals surface area contributed by atoms with Crippen molar-refractivity contribution in [3.8, 4) is 0 Å². The summed E-state index contributed by atoms with van der Waals surface area (Å²) >= 11 is 0. The molecule has 2 aromatic rings. The first-order chi connectivity index (χ1) is 13.2. The third-order valence-electron chi connectivity index (χ3n) is 5.27. The number of amides is 2. The highest BCUT2D eigenvalue weighted by Gasteiger charge is 2.34. The van der Waals surface area contributed by atoms with Gasteiger partial charge in [0, 0.05) is 18.2 Å². The Balaban J connectivity index is 1.43. The van der Waals surface area contributed by atoms with Crippen LogP contribution in [0.3, 0.4) is 0 Å². The van der Waals surface area contributed by atoms with Crippen molar-refractivity contribution in [2.24, 2.45) is 11.8 Å². The van der Waals surface area contributed by atoms with Crippen LogP contribution < -0.4 is 10.2 Å². The number of benzene rings is 2. The zero-order chi connectivity index (χ0) is 18.6. The number of carbonyl (C=O) groups is 2. The quantitative estimate of drug-likeness (QED) is 0.778. The molecular weight excluding hydrogens is 336 g/mol. The Labute approximate surface area is 160 Å². The molecule has 2 amide bonds. The van der Waals surface area contributed by atoms with E-state index in [1.54, 1.807) is 0 Å². The van der Waals surface area contributed by atoms with Crippen LogP contribution in [0.25, 0.3) is 0 Å². The monoisotopic (exact) mass is 362 g/mol. The maximum absolute atomic E-state index is 12.8. The second-order valence-corrected chi connectivity index (χ2v) is 7.77. The summed E-state index contributed by atoms with van der Waals surface area (Å²) in [5.41, 5.74) is 3.00. The molecule has 2 aromatic carbocycles. The Morgan fingerprint density at radius 2 is 1.59 bits per heavy atom. The summed E-state index contributed by atoms with van der Waals surface area (Å²) in [7, 11) is 0. The molecule has 0 saturated heterocycles. The first-order valence-electron chi connectivity index (χ1n) is 9.90. The number of nitrogens with one attached hydrogen (secondary N) is 1. The molecule has 4 nitrogen and oxygen atoms in total. The lowest BCUT2D eigenvalue weighted by molar-refractivity contribution is -0.121. The first kappa shape index (κ1) is 17.8. The maximum Gasteiger partial charge on any atom is 0.230 e. The molecule has 0 bridgehead atoms. The molecule has 4 rings (SSSR count). The summed E-state index contributed by atoms with van der Waals surface area (Å²) in [5.74, 6) is 1.14. The van der Waals surface area contributed by atoms with E-state index in [1.165, 1.54) is 12.8 Å². The Bertz CT molecular complexity index is 793. The number of carbonyl (C=O) groups excluding carboxylic acids is 2. The van der Waals surface area contributed by atoms with Gasteiger partial charge in [0.05, 0.1) is 13.0 Å². The van der Waals surface area contributed by atoms with Gasteiger partial charge in [-0.3, -0.25) is 9.59 Å². The summed E-state index contributed by atoms with van der Waals surface area (Å²) in [6.45, 7) is 1.38. The number of hydrogen-bond donors (Lipinski definition) is 1. The predicted octanol–water partition coefficient (Wildman–Crippen LogP) is 3.70. The molecule has 0 atom stereocenters. The van der Waals surface area contributed by atoms with Gasteiger partial charge in [0.15, 0.2) is 0 Å². The Morgan fingerprint density at radius 3 is 2.22 bits per heavy atom. The van der Waals surface area contributed by atoms with E-state index in [4.69, 9.17) is 0 Å². The number of anilines is 1. The van der Waals surface area contributed by atoms with Crippen molar-refractivity contribution in [3.05, 3.63) is 65.7 Å². The van der Waals surface area contributed by atoms with Crippen molar-refractivity contribution in [1.29, 1.82) is 0 Å². The van der Waals surface area contributed by atoms with Crippen molar-refractivity contribution in [2.75, 3.05) is 11.4 Å². The highest BCUT2D eigenvalue weighted by Crippen LogP contribution is 2.33. The Kier molecular flexibility index (Phi) is 5.23. The van der Waals surface area contributed by atoms with Crippen molar-refractivity contribution in [3.63, 3.8) is 0 Å². The second-order valence-electron chi connectivity index (χ2n) is 7.77. The number of nitrogens with zero attached hydrogens (tertiary/aromatic N) is 1. The predicted molar refractivity (Wildman–Crippen MR) is 106 cm³/mol. The van der Waals surface area contributed by atoms with Gasteiger partial charge in [-0.25, -0.2) is 0 Å². The van der Waals surface area contributed by atoms with Crippen LogP contribution in [0.4, 0.5) is 5.69 Å². The molecule has 4 heteroatoms. The SMILES string of the molecule is O=C(Cc1ccc(N(Cc2ccccc2)C(=O)C2CC2)cc1)NCC1CC1. The fraction of sp³-hybridized carbons (Fsp3) is 0.391. The van der Waals surface area contributed by atoms with Gasteiger partial charge in [-0.2, -0.15) is 0 Å². The summed E-state index contributed by atoms with van der Waals surface area (Å²) < 4.78 is 0. The fourth-order valence-electron chi connectivity index (χ4n) is 3.23. The van der Waals surface area contributed by atoms with Gasteiger partial charge >= 0.3 is 0 Å². The summed E-state index contributed by atoms with van der Waals surface area (Å²) in [6, 6.07) is 17.9. The summed E-state index contributed by atoms with van der Waals surface area (Å²) in [5, 5.41) is 3.00. The van der Waals surface area contributed by atoms with Crippen LogP contribution in [0.15, 0.2) is 54.6 Å².